The summed E-state index contributed by atoms with van der Waals surface area (Å²) in [5.74, 6) is 0.0824. The summed E-state index contributed by atoms with van der Waals surface area (Å²) in [6.45, 7) is 3.66. The molecule has 66 valence electrons. The molecule has 1 heterocycles. The molecule has 0 aliphatic heterocycles. The predicted octanol–water partition coefficient (Wildman–Crippen LogP) is 2.11. The first-order valence-corrected chi connectivity index (χ1v) is 4.65. The second-order valence-electron chi connectivity index (χ2n) is 2.43. The quantitative estimate of drug-likeness (QED) is 0.820. The van der Waals surface area contributed by atoms with Crippen LogP contribution in [0.3, 0.4) is 0 Å². The van der Waals surface area contributed by atoms with Crippen molar-refractivity contribution in [2.75, 3.05) is 11.9 Å². The normalized spacial score (nSPS) is 9.92. The van der Waals surface area contributed by atoms with Crippen LogP contribution in [-0.2, 0) is 4.79 Å². The number of thiazole rings is 1. The number of nitrogens with zero attached hydrogens (tertiary/aromatic N) is 1. The summed E-state index contributed by atoms with van der Waals surface area (Å²) in [4.78, 5) is 14.7. The molecule has 0 saturated heterocycles. The summed E-state index contributed by atoms with van der Waals surface area (Å²) < 4.78 is 0.668. The molecular weight excluding hydrogens is 196 g/mol. The van der Waals surface area contributed by atoms with Gasteiger partial charge < -0.3 is 5.32 Å². The maximum atomic E-state index is 10.6. The molecule has 0 aliphatic rings. The van der Waals surface area contributed by atoms with Crippen molar-refractivity contribution >= 4 is 33.9 Å². The first-order valence-electron chi connectivity index (χ1n) is 3.46. The zero-order valence-corrected chi connectivity index (χ0v) is 8.42. The third kappa shape index (κ3) is 2.46. The Balaban J connectivity index is 2.58. The standard InChI is InChI=1S/C7H9ClN2OS/c1-4(11)3-9-7-10-5(2)6(8)12-7/h3H2,1-2H3,(H,9,10). The Morgan fingerprint density at radius 1 is 1.75 bits per heavy atom. The van der Waals surface area contributed by atoms with E-state index in [2.05, 4.69) is 10.3 Å². The molecule has 3 nitrogen and oxygen atoms in total. The van der Waals surface area contributed by atoms with Crippen LogP contribution in [0.2, 0.25) is 4.34 Å². The smallest absolute Gasteiger partial charge is 0.184 e. The molecule has 0 spiro atoms. The number of hydrogen-bond donors (Lipinski definition) is 1. The van der Waals surface area contributed by atoms with E-state index in [-0.39, 0.29) is 5.78 Å². The molecule has 0 fully saturated rings. The monoisotopic (exact) mass is 204 g/mol. The number of anilines is 1. The highest BCUT2D eigenvalue weighted by atomic mass is 35.5. The van der Waals surface area contributed by atoms with Gasteiger partial charge in [-0.15, -0.1) is 0 Å². The first kappa shape index (κ1) is 9.48. The average Bonchev–Trinajstić information content (AvgIpc) is 2.28. The molecule has 0 saturated carbocycles. The maximum absolute atomic E-state index is 10.6. The number of halogens is 1. The van der Waals surface area contributed by atoms with E-state index in [1.165, 1.54) is 18.3 Å². The zero-order chi connectivity index (χ0) is 9.14. The molecule has 0 aliphatic carbocycles. The zero-order valence-electron chi connectivity index (χ0n) is 6.85. The summed E-state index contributed by atoms with van der Waals surface area (Å²) in [5.41, 5.74) is 0.799. The lowest BCUT2D eigenvalue weighted by Gasteiger charge is -1.95. The van der Waals surface area contributed by atoms with Gasteiger partial charge in [0.2, 0.25) is 0 Å². The van der Waals surface area contributed by atoms with Gasteiger partial charge in [-0.2, -0.15) is 0 Å². The second kappa shape index (κ2) is 3.87. The molecule has 1 aromatic rings. The Morgan fingerprint density at radius 2 is 2.42 bits per heavy atom. The van der Waals surface area contributed by atoms with Crippen molar-refractivity contribution in [2.45, 2.75) is 13.8 Å². The average molecular weight is 205 g/mol. The van der Waals surface area contributed by atoms with Crippen molar-refractivity contribution in [3.8, 4) is 0 Å². The van der Waals surface area contributed by atoms with E-state index in [1.807, 2.05) is 6.92 Å². The highest BCUT2D eigenvalue weighted by molar-refractivity contribution is 7.19. The number of nitrogens with one attached hydrogen (secondary N) is 1. The molecule has 1 N–H and O–H groups in total. The van der Waals surface area contributed by atoms with Gasteiger partial charge in [-0.3, -0.25) is 4.79 Å². The van der Waals surface area contributed by atoms with Crippen molar-refractivity contribution in [3.63, 3.8) is 0 Å². The summed E-state index contributed by atoms with van der Waals surface area (Å²) in [7, 11) is 0. The minimum absolute atomic E-state index is 0.0824. The number of carbonyl (C=O) groups excluding carboxylic acids is 1. The molecule has 5 heteroatoms. The van der Waals surface area contributed by atoms with E-state index >= 15 is 0 Å². The van der Waals surface area contributed by atoms with Crippen LogP contribution in [0.4, 0.5) is 5.13 Å². The molecule has 0 bridgehead atoms. The minimum atomic E-state index is 0.0824. The summed E-state index contributed by atoms with van der Waals surface area (Å²) in [6, 6.07) is 0. The van der Waals surface area contributed by atoms with E-state index < -0.39 is 0 Å². The topological polar surface area (TPSA) is 42.0 Å². The van der Waals surface area contributed by atoms with Crippen molar-refractivity contribution < 1.29 is 4.79 Å². The molecule has 12 heavy (non-hydrogen) atoms. The van der Waals surface area contributed by atoms with Crippen LogP contribution in [0.5, 0.6) is 0 Å². The molecule has 1 rings (SSSR count). The maximum Gasteiger partial charge on any atom is 0.184 e. The Morgan fingerprint density at radius 3 is 2.83 bits per heavy atom. The van der Waals surface area contributed by atoms with Crippen LogP contribution in [0, 0.1) is 6.92 Å². The SMILES string of the molecule is CC(=O)CNc1nc(C)c(Cl)s1. The van der Waals surface area contributed by atoms with Crippen molar-refractivity contribution in [2.24, 2.45) is 0 Å². The number of rotatable bonds is 3. The van der Waals surface area contributed by atoms with Crippen LogP contribution in [-0.4, -0.2) is 17.3 Å². The molecule has 0 amide bonds. The fourth-order valence-corrected chi connectivity index (χ4v) is 1.61. The summed E-state index contributed by atoms with van der Waals surface area (Å²) >= 11 is 7.12. The highest BCUT2D eigenvalue weighted by Gasteiger charge is 2.04. The third-order valence-corrected chi connectivity index (χ3v) is 2.64. The third-order valence-electron chi connectivity index (χ3n) is 1.23. The fraction of sp³-hybridized carbons (Fsp3) is 0.429. The van der Waals surface area contributed by atoms with Crippen LogP contribution in [0.1, 0.15) is 12.6 Å². The summed E-state index contributed by atoms with van der Waals surface area (Å²) in [5, 5.41) is 3.58. The lowest BCUT2D eigenvalue weighted by Crippen LogP contribution is -2.09. The van der Waals surface area contributed by atoms with E-state index in [4.69, 9.17) is 11.6 Å². The predicted molar refractivity (Wildman–Crippen MR) is 51.0 cm³/mol. The molecule has 1 aromatic heterocycles. The van der Waals surface area contributed by atoms with Crippen LogP contribution in [0.15, 0.2) is 0 Å². The van der Waals surface area contributed by atoms with Crippen molar-refractivity contribution in [1.82, 2.24) is 4.98 Å². The largest absolute Gasteiger partial charge is 0.354 e. The Labute approximate surface area is 79.8 Å². The number of aryl methyl sites for hydroxylation is 1. The van der Waals surface area contributed by atoms with Gasteiger partial charge >= 0.3 is 0 Å². The fourth-order valence-electron chi connectivity index (χ4n) is 0.654. The Bertz CT molecular complexity index is 278. The van der Waals surface area contributed by atoms with Crippen molar-refractivity contribution in [1.29, 1.82) is 0 Å². The number of Topliss-reactive ketones (excluding diaryl/α,β-unsaturated/α-hetero) is 1. The van der Waals surface area contributed by atoms with E-state index in [1.54, 1.807) is 0 Å². The van der Waals surface area contributed by atoms with Gasteiger partial charge in [-0.05, 0) is 13.8 Å². The van der Waals surface area contributed by atoms with Crippen LogP contribution < -0.4 is 5.32 Å². The first-order chi connectivity index (χ1) is 5.59. The number of ketones is 1. The summed E-state index contributed by atoms with van der Waals surface area (Å²) in [6.07, 6.45) is 0. The highest BCUT2D eigenvalue weighted by Crippen LogP contribution is 2.26. The van der Waals surface area contributed by atoms with E-state index in [9.17, 15) is 4.79 Å². The van der Waals surface area contributed by atoms with Gasteiger partial charge in [0.15, 0.2) is 5.13 Å². The molecule has 0 unspecified atom stereocenters. The second-order valence-corrected chi connectivity index (χ2v) is 4.03. The van der Waals surface area contributed by atoms with Gasteiger partial charge in [0.1, 0.15) is 10.1 Å². The Kier molecular flexibility index (Phi) is 3.05. The van der Waals surface area contributed by atoms with Gasteiger partial charge in [-0.1, -0.05) is 22.9 Å². The lowest BCUT2D eigenvalue weighted by atomic mass is 10.4. The number of aromatic nitrogens is 1. The number of carbonyl (C=O) groups is 1. The molecule has 0 atom stereocenters. The van der Waals surface area contributed by atoms with Gasteiger partial charge in [0, 0.05) is 0 Å². The Hall–Kier alpha value is -0.610. The molecular formula is C7H9ClN2OS. The lowest BCUT2D eigenvalue weighted by molar-refractivity contribution is -0.115. The number of hydrogen-bond acceptors (Lipinski definition) is 4. The van der Waals surface area contributed by atoms with Crippen LogP contribution in [0.25, 0.3) is 0 Å². The molecule has 0 radical (unpaired) electrons. The van der Waals surface area contributed by atoms with Crippen molar-refractivity contribution in [3.05, 3.63) is 10.0 Å². The van der Waals surface area contributed by atoms with Gasteiger partial charge in [0.25, 0.3) is 0 Å². The van der Waals surface area contributed by atoms with Gasteiger partial charge in [-0.25, -0.2) is 4.98 Å². The van der Waals surface area contributed by atoms with E-state index in [0.29, 0.717) is 16.0 Å². The van der Waals surface area contributed by atoms with Crippen LogP contribution >= 0.6 is 22.9 Å². The van der Waals surface area contributed by atoms with Gasteiger partial charge in [0.05, 0.1) is 12.2 Å². The molecule has 0 aromatic carbocycles. The minimum Gasteiger partial charge on any atom is -0.354 e. The van der Waals surface area contributed by atoms with E-state index in [0.717, 1.165) is 5.69 Å².